The molecule has 0 bridgehead atoms. The lowest BCUT2D eigenvalue weighted by molar-refractivity contribution is 0.0850. The topological polar surface area (TPSA) is 86.0 Å². The molecule has 0 saturated carbocycles. The zero-order valence-electron chi connectivity index (χ0n) is 12.1. The number of rotatable bonds is 6. The lowest BCUT2D eigenvalue weighted by Crippen LogP contribution is -2.24. The van der Waals surface area contributed by atoms with Gasteiger partial charge in [-0.25, -0.2) is 0 Å². The van der Waals surface area contributed by atoms with Gasteiger partial charge in [-0.3, -0.25) is 4.98 Å². The maximum absolute atomic E-state index is 10.0. The number of halogens is 1. The lowest BCUT2D eigenvalue weighted by Gasteiger charge is -2.11. The molecule has 1 N–H and O–H groups in total. The van der Waals surface area contributed by atoms with Crippen molar-refractivity contribution in [1.82, 2.24) is 25.2 Å². The second-order valence-electron chi connectivity index (χ2n) is 4.83. The lowest BCUT2D eigenvalue weighted by atomic mass is 10.3. The fourth-order valence-corrected chi connectivity index (χ4v) is 2.02. The van der Waals surface area contributed by atoms with Crippen molar-refractivity contribution in [2.75, 3.05) is 6.61 Å². The zero-order chi connectivity index (χ0) is 16.1. The first-order valence-corrected chi connectivity index (χ1v) is 7.33. The summed E-state index contributed by atoms with van der Waals surface area (Å²) in [5, 5.41) is 22.7. The van der Waals surface area contributed by atoms with E-state index in [0.29, 0.717) is 16.6 Å². The minimum Gasteiger partial charge on any atom is -0.491 e. The van der Waals surface area contributed by atoms with Crippen LogP contribution in [0.2, 0.25) is 5.02 Å². The van der Waals surface area contributed by atoms with E-state index >= 15 is 0 Å². The van der Waals surface area contributed by atoms with Gasteiger partial charge in [-0.15, -0.1) is 10.2 Å². The van der Waals surface area contributed by atoms with Crippen LogP contribution < -0.4 is 4.74 Å². The normalized spacial score (nSPS) is 12.1. The second-order valence-corrected chi connectivity index (χ2v) is 5.26. The van der Waals surface area contributed by atoms with Gasteiger partial charge in [0.05, 0.1) is 6.54 Å². The van der Waals surface area contributed by atoms with Gasteiger partial charge in [-0.2, -0.15) is 4.80 Å². The molecule has 8 heteroatoms. The Morgan fingerprint density at radius 1 is 1.22 bits per heavy atom. The molecule has 23 heavy (non-hydrogen) atoms. The molecule has 2 aromatic heterocycles. The van der Waals surface area contributed by atoms with E-state index in [1.165, 1.54) is 4.80 Å². The quantitative estimate of drug-likeness (QED) is 0.741. The standard InChI is InChI=1S/C15H14ClN5O2/c16-12-3-5-14(6-4-12)23-10-13(22)9-21-19-15(18-20-21)11-2-1-7-17-8-11/h1-8,13,22H,9-10H2/t13-/m0/s1. The second kappa shape index (κ2) is 7.17. The van der Waals surface area contributed by atoms with Crippen molar-refractivity contribution in [3.05, 3.63) is 53.8 Å². The number of ether oxygens (including phenoxy) is 1. The van der Waals surface area contributed by atoms with Crippen LogP contribution >= 0.6 is 11.6 Å². The van der Waals surface area contributed by atoms with Crippen molar-refractivity contribution in [2.45, 2.75) is 12.6 Å². The molecule has 0 spiro atoms. The Labute approximate surface area is 137 Å². The Hall–Kier alpha value is -2.51. The Morgan fingerprint density at radius 3 is 2.78 bits per heavy atom. The number of hydrogen-bond donors (Lipinski definition) is 1. The van der Waals surface area contributed by atoms with Crippen LogP contribution in [-0.2, 0) is 6.54 Å². The Bertz CT molecular complexity index is 748. The van der Waals surface area contributed by atoms with Crippen molar-refractivity contribution < 1.29 is 9.84 Å². The number of aromatic nitrogens is 5. The molecular formula is C15H14ClN5O2. The maximum atomic E-state index is 10.0. The fraction of sp³-hybridized carbons (Fsp3) is 0.200. The highest BCUT2D eigenvalue weighted by Crippen LogP contribution is 2.15. The van der Waals surface area contributed by atoms with Crippen molar-refractivity contribution >= 4 is 11.6 Å². The molecule has 118 valence electrons. The van der Waals surface area contributed by atoms with Crippen LogP contribution in [0.4, 0.5) is 0 Å². The third-order valence-electron chi connectivity index (χ3n) is 3.00. The highest BCUT2D eigenvalue weighted by atomic mass is 35.5. The van der Waals surface area contributed by atoms with Gasteiger partial charge in [0.1, 0.15) is 18.5 Å². The predicted molar refractivity (Wildman–Crippen MR) is 84.0 cm³/mol. The number of nitrogens with zero attached hydrogens (tertiary/aromatic N) is 5. The highest BCUT2D eigenvalue weighted by Gasteiger charge is 2.11. The number of benzene rings is 1. The summed E-state index contributed by atoms with van der Waals surface area (Å²) < 4.78 is 5.48. The summed E-state index contributed by atoms with van der Waals surface area (Å²) in [4.78, 5) is 5.34. The molecule has 3 aromatic rings. The molecule has 7 nitrogen and oxygen atoms in total. The molecule has 0 radical (unpaired) electrons. The minimum atomic E-state index is -0.762. The van der Waals surface area contributed by atoms with Crippen LogP contribution in [0.5, 0.6) is 5.75 Å². The molecule has 1 atom stereocenters. The maximum Gasteiger partial charge on any atom is 0.206 e. The van der Waals surface area contributed by atoms with E-state index in [-0.39, 0.29) is 13.2 Å². The number of tetrazole rings is 1. The average molecular weight is 332 g/mol. The Balaban J connectivity index is 1.55. The Kier molecular flexibility index (Phi) is 4.80. The summed E-state index contributed by atoms with van der Waals surface area (Å²) in [6, 6.07) is 10.6. The van der Waals surface area contributed by atoms with E-state index in [4.69, 9.17) is 16.3 Å². The van der Waals surface area contributed by atoms with Crippen LogP contribution in [0.25, 0.3) is 11.4 Å². The van der Waals surface area contributed by atoms with Crippen LogP contribution in [0, 0.1) is 0 Å². The van der Waals surface area contributed by atoms with E-state index < -0.39 is 6.10 Å². The van der Waals surface area contributed by atoms with Gasteiger partial charge in [0.2, 0.25) is 5.82 Å². The summed E-state index contributed by atoms with van der Waals surface area (Å²) in [6.07, 6.45) is 2.56. The van der Waals surface area contributed by atoms with E-state index in [2.05, 4.69) is 20.4 Å². The van der Waals surface area contributed by atoms with Gasteiger partial charge < -0.3 is 9.84 Å². The first-order valence-electron chi connectivity index (χ1n) is 6.95. The van der Waals surface area contributed by atoms with Crippen molar-refractivity contribution in [1.29, 1.82) is 0 Å². The molecule has 2 heterocycles. The molecule has 1 aromatic carbocycles. The number of aliphatic hydroxyl groups excluding tert-OH is 1. The fourth-order valence-electron chi connectivity index (χ4n) is 1.90. The predicted octanol–water partition coefficient (Wildman–Crippen LogP) is 1.83. The third-order valence-corrected chi connectivity index (χ3v) is 3.25. The molecular weight excluding hydrogens is 318 g/mol. The van der Waals surface area contributed by atoms with Crippen LogP contribution in [0.1, 0.15) is 0 Å². The highest BCUT2D eigenvalue weighted by molar-refractivity contribution is 6.30. The average Bonchev–Trinajstić information content (AvgIpc) is 3.04. The van der Waals surface area contributed by atoms with Gasteiger partial charge >= 0.3 is 0 Å². The van der Waals surface area contributed by atoms with Crippen LogP contribution in [0.3, 0.4) is 0 Å². The number of pyridine rings is 1. The van der Waals surface area contributed by atoms with Crippen molar-refractivity contribution in [3.63, 3.8) is 0 Å². The first-order chi connectivity index (χ1) is 11.2. The number of aliphatic hydroxyl groups is 1. The zero-order valence-corrected chi connectivity index (χ0v) is 12.8. The summed E-state index contributed by atoms with van der Waals surface area (Å²) in [6.45, 7) is 0.298. The van der Waals surface area contributed by atoms with Gasteiger partial charge in [0.25, 0.3) is 0 Å². The summed E-state index contributed by atoms with van der Waals surface area (Å²) in [5.41, 5.74) is 0.769. The van der Waals surface area contributed by atoms with Gasteiger partial charge in [0.15, 0.2) is 0 Å². The van der Waals surface area contributed by atoms with E-state index in [9.17, 15) is 5.11 Å². The van der Waals surface area contributed by atoms with E-state index in [1.807, 2.05) is 6.07 Å². The third kappa shape index (κ3) is 4.24. The molecule has 0 fully saturated rings. The number of hydrogen-bond acceptors (Lipinski definition) is 6. The molecule has 0 amide bonds. The monoisotopic (exact) mass is 331 g/mol. The largest absolute Gasteiger partial charge is 0.491 e. The molecule has 0 aliphatic carbocycles. The summed E-state index contributed by atoms with van der Waals surface area (Å²) >= 11 is 5.80. The smallest absolute Gasteiger partial charge is 0.206 e. The van der Waals surface area contributed by atoms with E-state index in [1.54, 1.807) is 42.7 Å². The minimum absolute atomic E-state index is 0.116. The van der Waals surface area contributed by atoms with E-state index in [0.717, 1.165) is 5.56 Å². The first kappa shape index (κ1) is 15.4. The summed E-state index contributed by atoms with van der Waals surface area (Å²) in [5.74, 6) is 1.10. The Morgan fingerprint density at radius 2 is 2.04 bits per heavy atom. The van der Waals surface area contributed by atoms with Crippen LogP contribution in [0.15, 0.2) is 48.8 Å². The molecule has 0 saturated heterocycles. The van der Waals surface area contributed by atoms with Crippen molar-refractivity contribution in [3.8, 4) is 17.1 Å². The van der Waals surface area contributed by atoms with Crippen molar-refractivity contribution in [2.24, 2.45) is 0 Å². The molecule has 0 unspecified atom stereocenters. The SMILES string of the molecule is O[C@H](COc1ccc(Cl)cc1)Cn1nnc(-c2cccnc2)n1. The van der Waals surface area contributed by atoms with Gasteiger partial charge in [0, 0.05) is 23.0 Å². The molecule has 0 aliphatic heterocycles. The van der Waals surface area contributed by atoms with Crippen LogP contribution in [-0.4, -0.2) is 43.0 Å². The van der Waals surface area contributed by atoms with Gasteiger partial charge in [-0.1, -0.05) is 11.6 Å². The molecule has 3 rings (SSSR count). The van der Waals surface area contributed by atoms with Gasteiger partial charge in [-0.05, 0) is 41.6 Å². The summed E-state index contributed by atoms with van der Waals surface area (Å²) in [7, 11) is 0. The molecule has 0 aliphatic rings.